The predicted molar refractivity (Wildman–Crippen MR) is 69.5 cm³/mol. The van der Waals surface area contributed by atoms with Gasteiger partial charge < -0.3 is 14.8 Å². The van der Waals surface area contributed by atoms with Gasteiger partial charge in [0, 0.05) is 5.69 Å². The molecular weight excluding hydrogens is 246 g/mol. The van der Waals surface area contributed by atoms with Crippen LogP contribution in [-0.4, -0.2) is 17.0 Å². The van der Waals surface area contributed by atoms with E-state index in [1.807, 2.05) is 0 Å². The maximum Gasteiger partial charge on any atom is 0.336 e. The van der Waals surface area contributed by atoms with Crippen molar-refractivity contribution in [3.8, 4) is 0 Å². The molecule has 1 aromatic carbocycles. The van der Waals surface area contributed by atoms with Gasteiger partial charge in [0.25, 0.3) is 5.91 Å². The fourth-order valence-corrected chi connectivity index (χ4v) is 1.75. The van der Waals surface area contributed by atoms with E-state index in [4.69, 9.17) is 9.52 Å². The van der Waals surface area contributed by atoms with Crippen molar-refractivity contribution in [1.82, 2.24) is 0 Å². The van der Waals surface area contributed by atoms with Gasteiger partial charge in [-0.1, -0.05) is 0 Å². The normalized spacial score (nSPS) is 10.2. The van der Waals surface area contributed by atoms with Crippen LogP contribution in [0.4, 0.5) is 5.69 Å². The molecule has 19 heavy (non-hydrogen) atoms. The number of nitrogens with one attached hydrogen (secondary N) is 1. The third kappa shape index (κ3) is 2.65. The van der Waals surface area contributed by atoms with Gasteiger partial charge in [-0.05, 0) is 43.2 Å². The second-order valence-corrected chi connectivity index (χ2v) is 4.24. The van der Waals surface area contributed by atoms with Crippen LogP contribution < -0.4 is 5.32 Å². The van der Waals surface area contributed by atoms with Gasteiger partial charge in [-0.25, -0.2) is 4.79 Å². The summed E-state index contributed by atoms with van der Waals surface area (Å²) in [7, 11) is 0. The first-order valence-electron chi connectivity index (χ1n) is 5.67. The van der Waals surface area contributed by atoms with Crippen molar-refractivity contribution < 1.29 is 19.1 Å². The SMILES string of the molecule is Cc1cc(NC(=O)c2ccoc2)cc(C(=O)O)c1C. The molecule has 0 atom stereocenters. The minimum absolute atomic E-state index is 0.183. The van der Waals surface area contributed by atoms with Gasteiger partial charge in [-0.15, -0.1) is 0 Å². The molecule has 1 heterocycles. The fraction of sp³-hybridized carbons (Fsp3) is 0.143. The standard InChI is InChI=1S/C14H13NO4/c1-8-5-11(6-12(9(8)2)14(17)18)15-13(16)10-3-4-19-7-10/h3-7H,1-2H3,(H,15,16)(H,17,18). The summed E-state index contributed by atoms with van der Waals surface area (Å²) in [5.41, 5.74) is 2.51. The van der Waals surface area contributed by atoms with Crippen molar-refractivity contribution in [3.63, 3.8) is 0 Å². The summed E-state index contributed by atoms with van der Waals surface area (Å²) in [5.74, 6) is -1.35. The lowest BCUT2D eigenvalue weighted by Crippen LogP contribution is -2.12. The van der Waals surface area contributed by atoms with Gasteiger partial charge in [0.15, 0.2) is 0 Å². The van der Waals surface area contributed by atoms with Gasteiger partial charge in [-0.2, -0.15) is 0 Å². The van der Waals surface area contributed by atoms with Gasteiger partial charge in [0.1, 0.15) is 6.26 Å². The molecule has 5 nitrogen and oxygen atoms in total. The quantitative estimate of drug-likeness (QED) is 0.888. The van der Waals surface area contributed by atoms with E-state index in [0.29, 0.717) is 16.8 Å². The van der Waals surface area contributed by atoms with Crippen molar-refractivity contribution in [2.24, 2.45) is 0 Å². The van der Waals surface area contributed by atoms with Crippen molar-refractivity contribution in [2.45, 2.75) is 13.8 Å². The number of furan rings is 1. The molecule has 0 aliphatic heterocycles. The molecule has 2 N–H and O–H groups in total. The number of benzene rings is 1. The largest absolute Gasteiger partial charge is 0.478 e. The Balaban J connectivity index is 2.31. The van der Waals surface area contributed by atoms with E-state index in [9.17, 15) is 9.59 Å². The summed E-state index contributed by atoms with van der Waals surface area (Å²) in [6.07, 6.45) is 2.73. The van der Waals surface area contributed by atoms with E-state index < -0.39 is 5.97 Å². The van der Waals surface area contributed by atoms with Crippen molar-refractivity contribution >= 4 is 17.6 Å². The predicted octanol–water partition coefficient (Wildman–Crippen LogP) is 2.85. The fourth-order valence-electron chi connectivity index (χ4n) is 1.75. The number of amides is 1. The number of carboxylic acids is 1. The number of carbonyl (C=O) groups is 2. The molecular formula is C14H13NO4. The number of hydrogen-bond acceptors (Lipinski definition) is 3. The van der Waals surface area contributed by atoms with Crippen LogP contribution >= 0.6 is 0 Å². The second kappa shape index (κ2) is 4.97. The zero-order valence-corrected chi connectivity index (χ0v) is 10.6. The van der Waals surface area contributed by atoms with E-state index in [-0.39, 0.29) is 11.5 Å². The molecule has 0 saturated carbocycles. The smallest absolute Gasteiger partial charge is 0.336 e. The lowest BCUT2D eigenvalue weighted by atomic mass is 10.0. The van der Waals surface area contributed by atoms with E-state index in [1.54, 1.807) is 19.9 Å². The number of hydrogen-bond donors (Lipinski definition) is 2. The van der Waals surface area contributed by atoms with E-state index >= 15 is 0 Å². The van der Waals surface area contributed by atoms with Crippen LogP contribution in [0.25, 0.3) is 0 Å². The maximum absolute atomic E-state index is 11.8. The summed E-state index contributed by atoms with van der Waals surface area (Å²) < 4.78 is 4.82. The average Bonchev–Trinajstić information content (AvgIpc) is 2.86. The number of anilines is 1. The van der Waals surface area contributed by atoms with E-state index in [1.165, 1.54) is 24.7 Å². The molecule has 0 spiro atoms. The minimum Gasteiger partial charge on any atom is -0.478 e. The highest BCUT2D eigenvalue weighted by atomic mass is 16.4. The Morgan fingerprint density at radius 2 is 2.00 bits per heavy atom. The number of carboxylic acid groups (broad SMARTS) is 1. The summed E-state index contributed by atoms with van der Waals surface area (Å²) in [4.78, 5) is 22.9. The molecule has 1 aromatic heterocycles. The van der Waals surface area contributed by atoms with E-state index in [2.05, 4.69) is 5.32 Å². The molecule has 0 aliphatic rings. The third-order valence-corrected chi connectivity index (χ3v) is 2.94. The first-order valence-corrected chi connectivity index (χ1v) is 5.67. The molecule has 0 fully saturated rings. The number of aryl methyl sites for hydroxylation is 1. The summed E-state index contributed by atoms with van der Waals surface area (Å²) in [5, 5.41) is 11.8. The molecule has 0 unspecified atom stereocenters. The summed E-state index contributed by atoms with van der Waals surface area (Å²) >= 11 is 0. The van der Waals surface area contributed by atoms with Gasteiger partial charge in [-0.3, -0.25) is 4.79 Å². The Morgan fingerprint density at radius 3 is 2.58 bits per heavy atom. The first-order chi connectivity index (χ1) is 8.99. The van der Waals surface area contributed by atoms with Crippen LogP contribution in [0, 0.1) is 13.8 Å². The van der Waals surface area contributed by atoms with Gasteiger partial charge in [0.05, 0.1) is 17.4 Å². The monoisotopic (exact) mass is 259 g/mol. The Labute approximate surface area is 109 Å². The van der Waals surface area contributed by atoms with Crippen LogP contribution in [0.2, 0.25) is 0 Å². The lowest BCUT2D eigenvalue weighted by molar-refractivity contribution is 0.0695. The van der Waals surface area contributed by atoms with Gasteiger partial charge in [0.2, 0.25) is 0 Å². The molecule has 2 rings (SSSR count). The first kappa shape index (κ1) is 12.9. The van der Waals surface area contributed by atoms with Crippen LogP contribution in [-0.2, 0) is 0 Å². The Kier molecular flexibility index (Phi) is 3.37. The number of aromatic carboxylic acids is 1. The molecule has 2 aromatic rings. The van der Waals surface area contributed by atoms with Crippen LogP contribution in [0.5, 0.6) is 0 Å². The van der Waals surface area contributed by atoms with Crippen molar-refractivity contribution in [3.05, 3.63) is 53.0 Å². The van der Waals surface area contributed by atoms with Crippen molar-refractivity contribution in [2.75, 3.05) is 5.32 Å². The Morgan fingerprint density at radius 1 is 1.26 bits per heavy atom. The molecule has 98 valence electrons. The highest BCUT2D eigenvalue weighted by Gasteiger charge is 2.13. The topological polar surface area (TPSA) is 79.5 Å². The van der Waals surface area contributed by atoms with Crippen LogP contribution in [0.15, 0.2) is 35.1 Å². The zero-order valence-electron chi connectivity index (χ0n) is 10.6. The molecule has 0 radical (unpaired) electrons. The number of carbonyl (C=O) groups excluding carboxylic acids is 1. The van der Waals surface area contributed by atoms with Gasteiger partial charge >= 0.3 is 5.97 Å². The Bertz CT molecular complexity index is 629. The molecule has 0 bridgehead atoms. The van der Waals surface area contributed by atoms with Crippen LogP contribution in [0.1, 0.15) is 31.8 Å². The second-order valence-electron chi connectivity index (χ2n) is 4.24. The highest BCUT2D eigenvalue weighted by molar-refractivity contribution is 6.04. The third-order valence-electron chi connectivity index (χ3n) is 2.94. The summed E-state index contributed by atoms with van der Waals surface area (Å²) in [6, 6.07) is 4.72. The number of rotatable bonds is 3. The lowest BCUT2D eigenvalue weighted by Gasteiger charge is -2.10. The van der Waals surface area contributed by atoms with E-state index in [0.717, 1.165) is 5.56 Å². The molecule has 1 amide bonds. The van der Waals surface area contributed by atoms with Crippen molar-refractivity contribution in [1.29, 1.82) is 0 Å². The minimum atomic E-state index is -1.01. The molecule has 0 aliphatic carbocycles. The highest BCUT2D eigenvalue weighted by Crippen LogP contribution is 2.20. The van der Waals surface area contributed by atoms with Crippen LogP contribution in [0.3, 0.4) is 0 Å². The average molecular weight is 259 g/mol. The maximum atomic E-state index is 11.8. The molecule has 5 heteroatoms. The Hall–Kier alpha value is -2.56. The summed E-state index contributed by atoms with van der Waals surface area (Å²) in [6.45, 7) is 3.54. The zero-order chi connectivity index (χ0) is 14.0. The molecule has 0 saturated heterocycles.